The van der Waals surface area contributed by atoms with Gasteiger partial charge in [-0.3, -0.25) is 0 Å². The van der Waals surface area contributed by atoms with E-state index in [1.54, 1.807) is 19.1 Å². The molecule has 4 heteroatoms. The molecule has 13 heavy (non-hydrogen) atoms. The molecule has 0 aliphatic carbocycles. The topological polar surface area (TPSA) is 9.23 Å². The summed E-state index contributed by atoms with van der Waals surface area (Å²) in [6.07, 6.45) is -4.61. The van der Waals surface area contributed by atoms with Crippen LogP contribution in [-0.4, -0.2) is 6.36 Å². The van der Waals surface area contributed by atoms with Crippen molar-refractivity contribution in [2.75, 3.05) is 0 Å². The van der Waals surface area contributed by atoms with Gasteiger partial charge in [0, 0.05) is 0 Å². The fraction of sp³-hybridized carbons (Fsp3) is 0.333. The van der Waals surface area contributed by atoms with Gasteiger partial charge in [-0.15, -0.1) is 13.2 Å². The number of ether oxygens (including phenoxy) is 1. The summed E-state index contributed by atoms with van der Waals surface area (Å²) in [4.78, 5) is 0. The van der Waals surface area contributed by atoms with E-state index in [1.165, 1.54) is 6.07 Å². The van der Waals surface area contributed by atoms with E-state index in [0.29, 0.717) is 5.56 Å². The molecular formula is C9H9F3O. The SMILES string of the molecule is Cc1ccc(OC(F)(F)F)c(C)c1. The highest BCUT2D eigenvalue weighted by Gasteiger charge is 2.31. The summed E-state index contributed by atoms with van der Waals surface area (Å²) >= 11 is 0. The monoisotopic (exact) mass is 190 g/mol. The molecule has 0 saturated heterocycles. The zero-order chi connectivity index (χ0) is 10.1. The quantitative estimate of drug-likeness (QED) is 0.660. The number of benzene rings is 1. The summed E-state index contributed by atoms with van der Waals surface area (Å²) < 4.78 is 39.2. The molecule has 1 rings (SSSR count). The predicted molar refractivity (Wildman–Crippen MR) is 42.6 cm³/mol. The molecule has 0 unspecified atom stereocenters. The lowest BCUT2D eigenvalue weighted by Crippen LogP contribution is -2.17. The first kappa shape index (κ1) is 9.89. The van der Waals surface area contributed by atoms with Gasteiger partial charge in [0.15, 0.2) is 0 Å². The third kappa shape index (κ3) is 2.97. The third-order valence-electron chi connectivity index (χ3n) is 1.56. The smallest absolute Gasteiger partial charge is 0.406 e. The van der Waals surface area contributed by atoms with Gasteiger partial charge in [-0.05, 0) is 25.5 Å². The van der Waals surface area contributed by atoms with E-state index in [9.17, 15) is 13.2 Å². The highest BCUT2D eigenvalue weighted by molar-refractivity contribution is 5.35. The Morgan fingerprint density at radius 2 is 1.77 bits per heavy atom. The first-order valence-electron chi connectivity index (χ1n) is 3.71. The van der Waals surface area contributed by atoms with Gasteiger partial charge in [-0.25, -0.2) is 0 Å². The van der Waals surface area contributed by atoms with Crippen molar-refractivity contribution in [3.05, 3.63) is 29.3 Å². The van der Waals surface area contributed by atoms with Gasteiger partial charge in [-0.2, -0.15) is 0 Å². The molecule has 1 aromatic carbocycles. The van der Waals surface area contributed by atoms with Gasteiger partial charge in [-0.1, -0.05) is 17.7 Å². The number of aryl methyl sites for hydroxylation is 2. The van der Waals surface area contributed by atoms with Crippen LogP contribution in [-0.2, 0) is 0 Å². The number of hydrogen-bond donors (Lipinski definition) is 0. The molecule has 0 aliphatic heterocycles. The summed E-state index contributed by atoms with van der Waals surface area (Å²) in [5.74, 6) is -0.141. The first-order chi connectivity index (χ1) is 5.88. The molecule has 1 aromatic rings. The van der Waals surface area contributed by atoms with Crippen LogP contribution in [0.2, 0.25) is 0 Å². The highest BCUT2D eigenvalue weighted by Crippen LogP contribution is 2.26. The van der Waals surface area contributed by atoms with Gasteiger partial charge in [0.05, 0.1) is 0 Å². The Morgan fingerprint density at radius 1 is 1.15 bits per heavy atom. The molecule has 72 valence electrons. The van der Waals surface area contributed by atoms with Crippen LogP contribution >= 0.6 is 0 Å². The summed E-state index contributed by atoms with van der Waals surface area (Å²) in [6.45, 7) is 3.39. The molecule has 0 N–H and O–H groups in total. The van der Waals surface area contributed by atoms with Crippen molar-refractivity contribution in [3.63, 3.8) is 0 Å². The van der Waals surface area contributed by atoms with Crippen LogP contribution in [0.3, 0.4) is 0 Å². The molecule has 0 spiro atoms. The Bertz CT molecular complexity index is 304. The Hall–Kier alpha value is -1.19. The van der Waals surface area contributed by atoms with E-state index in [2.05, 4.69) is 4.74 Å². The van der Waals surface area contributed by atoms with Crippen LogP contribution < -0.4 is 4.74 Å². The summed E-state index contributed by atoms with van der Waals surface area (Å²) in [6, 6.07) is 4.54. The predicted octanol–water partition coefficient (Wildman–Crippen LogP) is 3.20. The lowest BCUT2D eigenvalue weighted by molar-refractivity contribution is -0.274. The Labute approximate surface area is 74.1 Å². The minimum atomic E-state index is -4.61. The fourth-order valence-electron chi connectivity index (χ4n) is 1.04. The standard InChI is InChI=1S/C9H9F3O/c1-6-3-4-8(7(2)5-6)13-9(10,11)12/h3-5H,1-2H3. The number of hydrogen-bond acceptors (Lipinski definition) is 1. The minimum Gasteiger partial charge on any atom is -0.406 e. The highest BCUT2D eigenvalue weighted by atomic mass is 19.4. The Kier molecular flexibility index (Phi) is 2.50. The van der Waals surface area contributed by atoms with Gasteiger partial charge < -0.3 is 4.74 Å². The molecular weight excluding hydrogens is 181 g/mol. The molecule has 0 heterocycles. The minimum absolute atomic E-state index is 0.141. The maximum Gasteiger partial charge on any atom is 0.573 e. The van der Waals surface area contributed by atoms with E-state index in [4.69, 9.17) is 0 Å². The summed E-state index contributed by atoms with van der Waals surface area (Å²) in [5.41, 5.74) is 1.39. The van der Waals surface area contributed by atoms with Crippen LogP contribution in [0.5, 0.6) is 5.75 Å². The molecule has 0 bridgehead atoms. The van der Waals surface area contributed by atoms with Crippen molar-refractivity contribution in [3.8, 4) is 5.75 Å². The molecule has 1 nitrogen and oxygen atoms in total. The molecule has 0 saturated carbocycles. The zero-order valence-corrected chi connectivity index (χ0v) is 7.27. The van der Waals surface area contributed by atoms with Crippen molar-refractivity contribution in [1.82, 2.24) is 0 Å². The molecule has 0 amide bonds. The number of alkyl halides is 3. The Balaban J connectivity index is 2.90. The average molecular weight is 190 g/mol. The molecule has 0 radical (unpaired) electrons. The van der Waals surface area contributed by atoms with E-state index in [-0.39, 0.29) is 5.75 Å². The van der Waals surface area contributed by atoms with Crippen molar-refractivity contribution in [1.29, 1.82) is 0 Å². The van der Waals surface area contributed by atoms with Crippen molar-refractivity contribution >= 4 is 0 Å². The van der Waals surface area contributed by atoms with Crippen molar-refractivity contribution in [2.24, 2.45) is 0 Å². The number of halogens is 3. The molecule has 0 aromatic heterocycles. The fourth-order valence-corrected chi connectivity index (χ4v) is 1.04. The lowest BCUT2D eigenvalue weighted by atomic mass is 10.1. The second kappa shape index (κ2) is 3.28. The maximum absolute atomic E-state index is 11.8. The van der Waals surface area contributed by atoms with E-state index in [0.717, 1.165) is 5.56 Å². The molecule has 0 aliphatic rings. The van der Waals surface area contributed by atoms with Crippen LogP contribution in [0.4, 0.5) is 13.2 Å². The van der Waals surface area contributed by atoms with E-state index >= 15 is 0 Å². The summed E-state index contributed by atoms with van der Waals surface area (Å²) in [5, 5.41) is 0. The second-order valence-electron chi connectivity index (χ2n) is 2.82. The maximum atomic E-state index is 11.8. The van der Waals surface area contributed by atoms with Gasteiger partial charge in [0.25, 0.3) is 0 Å². The first-order valence-corrected chi connectivity index (χ1v) is 3.71. The molecule has 0 atom stereocenters. The van der Waals surface area contributed by atoms with E-state index in [1.807, 2.05) is 6.92 Å². The van der Waals surface area contributed by atoms with Crippen LogP contribution in [0.1, 0.15) is 11.1 Å². The average Bonchev–Trinajstić information content (AvgIpc) is 1.93. The van der Waals surface area contributed by atoms with Crippen LogP contribution in [0.15, 0.2) is 18.2 Å². The van der Waals surface area contributed by atoms with E-state index < -0.39 is 6.36 Å². The zero-order valence-electron chi connectivity index (χ0n) is 7.27. The van der Waals surface area contributed by atoms with Crippen molar-refractivity contribution < 1.29 is 17.9 Å². The lowest BCUT2D eigenvalue weighted by Gasteiger charge is -2.11. The van der Waals surface area contributed by atoms with Crippen LogP contribution in [0.25, 0.3) is 0 Å². The molecule has 0 fully saturated rings. The third-order valence-corrected chi connectivity index (χ3v) is 1.56. The van der Waals surface area contributed by atoms with Gasteiger partial charge in [0.1, 0.15) is 5.75 Å². The number of rotatable bonds is 1. The van der Waals surface area contributed by atoms with Crippen LogP contribution in [0, 0.1) is 13.8 Å². The van der Waals surface area contributed by atoms with Crippen molar-refractivity contribution in [2.45, 2.75) is 20.2 Å². The summed E-state index contributed by atoms with van der Waals surface area (Å²) in [7, 11) is 0. The van der Waals surface area contributed by atoms with Gasteiger partial charge >= 0.3 is 6.36 Å². The van der Waals surface area contributed by atoms with Gasteiger partial charge in [0.2, 0.25) is 0 Å². The Morgan fingerprint density at radius 3 is 2.23 bits per heavy atom. The largest absolute Gasteiger partial charge is 0.573 e. The normalized spacial score (nSPS) is 11.5. The second-order valence-corrected chi connectivity index (χ2v) is 2.82.